The van der Waals surface area contributed by atoms with Gasteiger partial charge in [-0.15, -0.1) is 0 Å². The number of carbonyl (C=O) groups is 1. The van der Waals surface area contributed by atoms with Gasteiger partial charge in [0.25, 0.3) is 10.2 Å². The fraction of sp³-hybridized carbons (Fsp3) is 0.917. The van der Waals surface area contributed by atoms with Crippen LogP contribution in [0.15, 0.2) is 0 Å². The van der Waals surface area contributed by atoms with Crippen molar-refractivity contribution < 1.29 is 23.1 Å². The van der Waals surface area contributed by atoms with E-state index in [0.29, 0.717) is 26.1 Å². The van der Waals surface area contributed by atoms with E-state index in [9.17, 15) is 13.2 Å². The summed E-state index contributed by atoms with van der Waals surface area (Å²) >= 11 is 0. The van der Waals surface area contributed by atoms with Crippen molar-refractivity contribution in [1.82, 2.24) is 9.03 Å². The first-order chi connectivity index (χ1) is 9.32. The van der Waals surface area contributed by atoms with E-state index >= 15 is 0 Å². The molecule has 2 fully saturated rings. The van der Waals surface area contributed by atoms with Gasteiger partial charge in [0, 0.05) is 19.7 Å². The highest BCUT2D eigenvalue weighted by Gasteiger charge is 2.37. The van der Waals surface area contributed by atoms with Crippen LogP contribution < -0.4 is 4.72 Å². The van der Waals surface area contributed by atoms with Gasteiger partial charge in [0.15, 0.2) is 0 Å². The molecule has 0 aromatic rings. The average Bonchev–Trinajstić information content (AvgIpc) is 2.38. The first kappa shape index (κ1) is 15.7. The zero-order valence-electron chi connectivity index (χ0n) is 11.7. The van der Waals surface area contributed by atoms with Gasteiger partial charge in [-0.2, -0.15) is 17.4 Å². The Morgan fingerprint density at radius 2 is 2.05 bits per heavy atom. The number of aliphatic carboxylic acids is 1. The van der Waals surface area contributed by atoms with Crippen LogP contribution in [0, 0.1) is 5.92 Å². The number of carboxylic acids is 1. The summed E-state index contributed by atoms with van der Waals surface area (Å²) in [5.74, 6) is -1.28. The monoisotopic (exact) mass is 306 g/mol. The summed E-state index contributed by atoms with van der Waals surface area (Å²) < 4.78 is 34.1. The van der Waals surface area contributed by atoms with Crippen LogP contribution in [-0.4, -0.2) is 55.6 Å². The van der Waals surface area contributed by atoms with Crippen LogP contribution in [0.1, 0.15) is 32.6 Å². The zero-order chi connectivity index (χ0) is 14.8. The van der Waals surface area contributed by atoms with Gasteiger partial charge in [0.1, 0.15) is 0 Å². The molecule has 2 aliphatic heterocycles. The van der Waals surface area contributed by atoms with Crippen molar-refractivity contribution in [3.63, 3.8) is 0 Å². The molecule has 2 saturated heterocycles. The summed E-state index contributed by atoms with van der Waals surface area (Å²) in [6, 6.07) is 0. The lowest BCUT2D eigenvalue weighted by molar-refractivity contribution is -0.142. The Bertz CT molecular complexity index is 450. The van der Waals surface area contributed by atoms with Crippen LogP contribution in [0.3, 0.4) is 0 Å². The molecular weight excluding hydrogens is 284 g/mol. The number of ether oxygens (including phenoxy) is 1. The van der Waals surface area contributed by atoms with Gasteiger partial charge < -0.3 is 9.84 Å². The number of piperidine rings is 1. The number of carboxylic acid groups (broad SMARTS) is 1. The lowest BCUT2D eigenvalue weighted by Gasteiger charge is -2.37. The molecule has 8 heteroatoms. The SMILES string of the molecule is CC1(NS(=O)(=O)N2CCC(C(=O)O)CC2)CCCOC1. The van der Waals surface area contributed by atoms with Gasteiger partial charge in [-0.05, 0) is 32.6 Å². The normalized spacial score (nSPS) is 30.2. The van der Waals surface area contributed by atoms with Crippen molar-refractivity contribution in [2.45, 2.75) is 38.1 Å². The Kier molecular flexibility index (Phi) is 4.68. The van der Waals surface area contributed by atoms with E-state index < -0.39 is 27.6 Å². The van der Waals surface area contributed by atoms with E-state index in [1.54, 1.807) is 0 Å². The Hall–Kier alpha value is -0.700. The molecule has 0 amide bonds. The fourth-order valence-electron chi connectivity index (χ4n) is 2.73. The second-order valence-electron chi connectivity index (χ2n) is 5.84. The second-order valence-corrected chi connectivity index (χ2v) is 7.51. The van der Waals surface area contributed by atoms with Crippen molar-refractivity contribution in [2.24, 2.45) is 5.92 Å². The zero-order valence-corrected chi connectivity index (χ0v) is 12.5. The Balaban J connectivity index is 1.95. The van der Waals surface area contributed by atoms with E-state index in [4.69, 9.17) is 9.84 Å². The van der Waals surface area contributed by atoms with Crippen LogP contribution in [0.25, 0.3) is 0 Å². The maximum absolute atomic E-state index is 12.3. The summed E-state index contributed by atoms with van der Waals surface area (Å²) in [6.07, 6.45) is 2.31. The van der Waals surface area contributed by atoms with Crippen molar-refractivity contribution in [2.75, 3.05) is 26.3 Å². The summed E-state index contributed by atoms with van der Waals surface area (Å²) in [4.78, 5) is 10.9. The molecule has 0 spiro atoms. The van der Waals surface area contributed by atoms with E-state index in [0.717, 1.165) is 12.8 Å². The minimum atomic E-state index is -3.58. The van der Waals surface area contributed by atoms with E-state index in [1.165, 1.54) is 4.31 Å². The maximum Gasteiger partial charge on any atom is 0.306 e. The maximum atomic E-state index is 12.3. The predicted molar refractivity (Wildman–Crippen MR) is 72.4 cm³/mol. The molecular formula is C12H22N2O5S. The number of nitrogens with zero attached hydrogens (tertiary/aromatic N) is 1. The largest absolute Gasteiger partial charge is 0.481 e. The molecule has 116 valence electrons. The average molecular weight is 306 g/mol. The molecule has 1 atom stereocenters. The molecule has 2 N–H and O–H groups in total. The molecule has 7 nitrogen and oxygen atoms in total. The second kappa shape index (κ2) is 5.97. The van der Waals surface area contributed by atoms with Gasteiger partial charge in [0.05, 0.1) is 18.1 Å². The third-order valence-corrected chi connectivity index (χ3v) is 5.75. The molecule has 0 bridgehead atoms. The highest BCUT2D eigenvalue weighted by Crippen LogP contribution is 2.23. The van der Waals surface area contributed by atoms with Crippen LogP contribution in [0.2, 0.25) is 0 Å². The molecule has 2 rings (SSSR count). The highest BCUT2D eigenvalue weighted by atomic mass is 32.2. The lowest BCUT2D eigenvalue weighted by atomic mass is 9.97. The standard InChI is InChI=1S/C12H22N2O5S/c1-12(5-2-8-19-9-12)13-20(17,18)14-6-3-10(4-7-14)11(15)16/h10,13H,2-9H2,1H3,(H,15,16). The molecule has 2 aliphatic rings. The summed E-state index contributed by atoms with van der Waals surface area (Å²) in [5.41, 5.74) is -0.569. The first-order valence-electron chi connectivity index (χ1n) is 6.92. The van der Waals surface area contributed by atoms with E-state index in [1.807, 2.05) is 6.92 Å². The van der Waals surface area contributed by atoms with Crippen molar-refractivity contribution in [1.29, 1.82) is 0 Å². The number of rotatable bonds is 4. The van der Waals surface area contributed by atoms with Crippen LogP contribution in [-0.2, 0) is 19.7 Å². The van der Waals surface area contributed by atoms with Gasteiger partial charge in [-0.3, -0.25) is 4.79 Å². The van der Waals surface area contributed by atoms with Crippen molar-refractivity contribution >= 4 is 16.2 Å². The number of hydrogen-bond acceptors (Lipinski definition) is 4. The summed E-state index contributed by atoms with van der Waals surface area (Å²) in [6.45, 7) is 3.39. The Morgan fingerprint density at radius 3 is 2.55 bits per heavy atom. The van der Waals surface area contributed by atoms with E-state index in [2.05, 4.69) is 4.72 Å². The first-order valence-corrected chi connectivity index (χ1v) is 8.36. The third-order valence-electron chi connectivity index (χ3n) is 3.96. The molecule has 0 saturated carbocycles. The van der Waals surface area contributed by atoms with Gasteiger partial charge >= 0.3 is 5.97 Å². The minimum absolute atomic E-state index is 0.253. The van der Waals surface area contributed by atoms with Crippen LogP contribution >= 0.6 is 0 Å². The molecule has 2 heterocycles. The van der Waals surface area contributed by atoms with Gasteiger partial charge in [-0.1, -0.05) is 0 Å². The fourth-order valence-corrected chi connectivity index (χ4v) is 4.34. The minimum Gasteiger partial charge on any atom is -0.481 e. The molecule has 0 aliphatic carbocycles. The number of nitrogens with one attached hydrogen (secondary N) is 1. The summed E-state index contributed by atoms with van der Waals surface area (Å²) in [7, 11) is -3.58. The smallest absolute Gasteiger partial charge is 0.306 e. The Labute approximate surface area is 119 Å². The molecule has 0 radical (unpaired) electrons. The Morgan fingerprint density at radius 1 is 1.40 bits per heavy atom. The van der Waals surface area contributed by atoms with Gasteiger partial charge in [0.2, 0.25) is 0 Å². The number of hydrogen-bond donors (Lipinski definition) is 2. The van der Waals surface area contributed by atoms with Gasteiger partial charge in [-0.25, -0.2) is 0 Å². The third kappa shape index (κ3) is 3.69. The molecule has 1 unspecified atom stereocenters. The lowest BCUT2D eigenvalue weighted by Crippen LogP contribution is -2.56. The van der Waals surface area contributed by atoms with Crippen LogP contribution in [0.5, 0.6) is 0 Å². The van der Waals surface area contributed by atoms with Crippen molar-refractivity contribution in [3.8, 4) is 0 Å². The topological polar surface area (TPSA) is 95.9 Å². The van der Waals surface area contributed by atoms with Crippen LogP contribution in [0.4, 0.5) is 0 Å². The predicted octanol–water partition coefficient (Wildman–Crippen LogP) is 0.187. The molecule has 20 heavy (non-hydrogen) atoms. The molecule has 0 aromatic heterocycles. The quantitative estimate of drug-likeness (QED) is 0.773. The van der Waals surface area contributed by atoms with E-state index in [-0.39, 0.29) is 13.1 Å². The summed E-state index contributed by atoms with van der Waals surface area (Å²) in [5, 5.41) is 8.93. The van der Waals surface area contributed by atoms with Crippen molar-refractivity contribution in [3.05, 3.63) is 0 Å². The highest BCUT2D eigenvalue weighted by molar-refractivity contribution is 7.87. The molecule has 0 aromatic carbocycles.